The molecular weight excluding hydrogens is 474 g/mol. The maximum absolute atomic E-state index is 12.6. The van der Waals surface area contributed by atoms with Crippen LogP contribution in [0.1, 0.15) is 113 Å². The maximum Gasteiger partial charge on any atom is 0.320 e. The number of hydrogen-bond acceptors (Lipinski definition) is 5. The third-order valence-electron chi connectivity index (χ3n) is 14.5. The van der Waals surface area contributed by atoms with Crippen molar-refractivity contribution in [2.45, 2.75) is 130 Å². The van der Waals surface area contributed by atoms with Crippen LogP contribution in [0.2, 0.25) is 0 Å². The third-order valence-corrected chi connectivity index (χ3v) is 14.5. The van der Waals surface area contributed by atoms with Crippen molar-refractivity contribution >= 4 is 5.97 Å². The van der Waals surface area contributed by atoms with Crippen molar-refractivity contribution in [3.8, 4) is 0 Å². The van der Waals surface area contributed by atoms with E-state index in [4.69, 9.17) is 14.6 Å². The lowest BCUT2D eigenvalue weighted by atomic mass is 9.31. The van der Waals surface area contributed by atoms with Crippen LogP contribution in [0.3, 0.4) is 0 Å². The molecule has 2 aliphatic heterocycles. The summed E-state index contributed by atoms with van der Waals surface area (Å²) in [6, 6.07) is 0. The maximum atomic E-state index is 12.6. The Kier molecular flexibility index (Phi) is 6.28. The number of carbonyl (C=O) groups excluding carboxylic acids is 1. The Bertz CT molecular complexity index is 959. The lowest BCUT2D eigenvalue weighted by Gasteiger charge is -2.77. The molecule has 5 heteroatoms. The SMILES string of the molecule is CC1(C)CC[C@]23CC[C@]4(C)C(CCC5[C@@]6(C)CC[C@H](OC(=O)CNCCO)C(C)(C)C6CC[C@]54C)C2[C@H]1O3. The molecule has 2 N–H and O–H groups in total. The molecule has 7 aliphatic rings. The molecule has 1 spiro atoms. The lowest BCUT2D eigenvalue weighted by Crippen LogP contribution is -2.77. The van der Waals surface area contributed by atoms with Gasteiger partial charge in [0, 0.05) is 17.9 Å². The monoisotopic (exact) mass is 529 g/mol. The number of rotatable bonds is 5. The van der Waals surface area contributed by atoms with Gasteiger partial charge in [-0.15, -0.1) is 0 Å². The van der Waals surface area contributed by atoms with Crippen LogP contribution in [0.4, 0.5) is 0 Å². The number of ether oxygens (including phenoxy) is 2. The average molecular weight is 530 g/mol. The number of aliphatic hydroxyl groups excluding tert-OH is 1. The van der Waals surface area contributed by atoms with Crippen LogP contribution >= 0.6 is 0 Å². The smallest absolute Gasteiger partial charge is 0.320 e. The highest BCUT2D eigenvalue weighted by Gasteiger charge is 2.75. The minimum absolute atomic E-state index is 0.0245. The first kappa shape index (κ1) is 27.5. The first-order valence-electron chi connectivity index (χ1n) is 15.9. The molecule has 7 rings (SSSR count). The molecule has 10 atom stereocenters. The van der Waals surface area contributed by atoms with Crippen molar-refractivity contribution in [3.05, 3.63) is 0 Å². The normalized spacial score (nSPS) is 51.9. The minimum atomic E-state index is -0.180. The van der Waals surface area contributed by atoms with Crippen LogP contribution in [-0.2, 0) is 14.3 Å². The quantitative estimate of drug-likeness (QED) is 0.332. The largest absolute Gasteiger partial charge is 0.461 e. The second-order valence-corrected chi connectivity index (χ2v) is 16.5. The van der Waals surface area contributed by atoms with Gasteiger partial charge in [0.05, 0.1) is 24.9 Å². The van der Waals surface area contributed by atoms with Gasteiger partial charge in [0.25, 0.3) is 0 Å². The highest BCUT2D eigenvalue weighted by atomic mass is 16.5. The number of fused-ring (bicyclic) bond motifs is 7. The van der Waals surface area contributed by atoms with Gasteiger partial charge >= 0.3 is 5.97 Å². The number of esters is 1. The minimum Gasteiger partial charge on any atom is -0.461 e. The fraction of sp³-hybridized carbons (Fsp3) is 0.970. The Balaban J connectivity index is 1.24. The van der Waals surface area contributed by atoms with E-state index in [1.165, 1.54) is 51.4 Å². The zero-order valence-corrected chi connectivity index (χ0v) is 25.3. The topological polar surface area (TPSA) is 67.8 Å². The van der Waals surface area contributed by atoms with Crippen molar-refractivity contribution in [2.75, 3.05) is 19.7 Å². The van der Waals surface area contributed by atoms with Gasteiger partial charge in [-0.25, -0.2) is 0 Å². The van der Waals surface area contributed by atoms with Crippen molar-refractivity contribution in [1.29, 1.82) is 0 Å². The van der Waals surface area contributed by atoms with E-state index in [2.05, 4.69) is 53.8 Å². The highest BCUT2D eigenvalue weighted by molar-refractivity contribution is 5.71. The second kappa shape index (κ2) is 8.68. The molecule has 4 unspecified atom stereocenters. The average Bonchev–Trinajstić information content (AvgIpc) is 2.82. The van der Waals surface area contributed by atoms with Crippen molar-refractivity contribution in [1.82, 2.24) is 5.32 Å². The second-order valence-electron chi connectivity index (χ2n) is 16.5. The molecule has 0 aromatic carbocycles. The van der Waals surface area contributed by atoms with E-state index in [9.17, 15) is 4.79 Å². The number of hydrogen-bond donors (Lipinski definition) is 2. The molecule has 38 heavy (non-hydrogen) atoms. The number of nitrogens with one attached hydrogen (secondary N) is 1. The Labute approximate surface area is 231 Å². The van der Waals surface area contributed by atoms with Crippen LogP contribution in [0.5, 0.6) is 0 Å². The van der Waals surface area contributed by atoms with E-state index < -0.39 is 0 Å². The number of carbonyl (C=O) groups is 1. The van der Waals surface area contributed by atoms with Gasteiger partial charge in [0.1, 0.15) is 6.10 Å². The summed E-state index contributed by atoms with van der Waals surface area (Å²) in [6.45, 7) is 18.4. The Morgan fingerprint density at radius 3 is 2.32 bits per heavy atom. The summed E-state index contributed by atoms with van der Waals surface area (Å²) in [7, 11) is 0. The van der Waals surface area contributed by atoms with Crippen LogP contribution in [0, 0.1) is 50.7 Å². The van der Waals surface area contributed by atoms with Crippen LogP contribution in [-0.4, -0.2) is 48.6 Å². The van der Waals surface area contributed by atoms with Crippen molar-refractivity contribution in [2.24, 2.45) is 50.7 Å². The molecule has 5 saturated carbocycles. The Hall–Kier alpha value is -0.650. The molecule has 216 valence electrons. The molecule has 0 amide bonds. The molecule has 2 bridgehead atoms. The van der Waals surface area contributed by atoms with E-state index in [1.54, 1.807) is 0 Å². The summed E-state index contributed by atoms with van der Waals surface area (Å²) in [5, 5.41) is 12.0. The lowest BCUT2D eigenvalue weighted by molar-refractivity contribution is -0.384. The van der Waals surface area contributed by atoms with Crippen LogP contribution in [0.25, 0.3) is 0 Å². The first-order chi connectivity index (χ1) is 17.8. The van der Waals surface area contributed by atoms with E-state index in [0.717, 1.165) is 30.6 Å². The molecular formula is C33H55NO4. The van der Waals surface area contributed by atoms with E-state index >= 15 is 0 Å². The summed E-state index contributed by atoms with van der Waals surface area (Å²) in [6.07, 6.45) is 13.1. The molecule has 2 heterocycles. The van der Waals surface area contributed by atoms with Gasteiger partial charge < -0.3 is 19.9 Å². The summed E-state index contributed by atoms with van der Waals surface area (Å²) in [5.41, 5.74) is 1.54. The van der Waals surface area contributed by atoms with Gasteiger partial charge in [0.2, 0.25) is 0 Å². The van der Waals surface area contributed by atoms with E-state index in [1.807, 2.05) is 0 Å². The van der Waals surface area contributed by atoms with E-state index in [-0.39, 0.29) is 36.2 Å². The summed E-state index contributed by atoms with van der Waals surface area (Å²) < 4.78 is 12.9. The molecule has 0 aromatic heterocycles. The summed E-state index contributed by atoms with van der Waals surface area (Å²) in [5.74, 6) is 2.69. The fourth-order valence-electron chi connectivity index (χ4n) is 12.2. The van der Waals surface area contributed by atoms with E-state index in [0.29, 0.717) is 40.2 Å². The predicted octanol–water partition coefficient (Wildman–Crippen LogP) is 6.12. The summed E-state index contributed by atoms with van der Waals surface area (Å²) >= 11 is 0. The van der Waals surface area contributed by atoms with Gasteiger partial charge in [-0.1, -0.05) is 48.5 Å². The standard InChI is InChI=1S/C33H55NO4/c1-28(2)14-16-33-17-15-31(6)21(26(33)27(28)38-33)8-9-23-30(5)12-11-24(37-25(36)20-34-18-19-35)29(3,4)22(30)10-13-32(23,31)7/h21-24,26-27,34-35H,8-20H2,1-7H3/t21?,22?,23?,24-,26?,27+,30-,31+,32+,33-/m0/s1. The Morgan fingerprint density at radius 2 is 1.61 bits per heavy atom. The third kappa shape index (κ3) is 3.49. The van der Waals surface area contributed by atoms with Crippen LogP contribution < -0.4 is 5.32 Å². The van der Waals surface area contributed by atoms with Gasteiger partial charge in [0.15, 0.2) is 0 Å². The zero-order valence-electron chi connectivity index (χ0n) is 25.3. The summed E-state index contributed by atoms with van der Waals surface area (Å²) in [4.78, 5) is 12.6. The molecule has 7 fully saturated rings. The van der Waals surface area contributed by atoms with Gasteiger partial charge in [-0.3, -0.25) is 4.79 Å². The highest BCUT2D eigenvalue weighted by Crippen LogP contribution is 2.78. The fourth-order valence-corrected chi connectivity index (χ4v) is 12.2. The zero-order chi connectivity index (χ0) is 27.4. The van der Waals surface area contributed by atoms with Crippen molar-refractivity contribution in [3.63, 3.8) is 0 Å². The van der Waals surface area contributed by atoms with Gasteiger partial charge in [-0.2, -0.15) is 0 Å². The van der Waals surface area contributed by atoms with Gasteiger partial charge in [-0.05, 0) is 104 Å². The predicted molar refractivity (Wildman–Crippen MR) is 149 cm³/mol. The molecule has 5 nitrogen and oxygen atoms in total. The molecule has 0 aromatic rings. The first-order valence-corrected chi connectivity index (χ1v) is 15.9. The Morgan fingerprint density at radius 1 is 0.868 bits per heavy atom. The molecule has 0 radical (unpaired) electrons. The molecule has 2 saturated heterocycles. The van der Waals surface area contributed by atoms with Crippen molar-refractivity contribution < 1.29 is 19.4 Å². The molecule has 5 aliphatic carbocycles. The number of aliphatic hydroxyl groups is 1. The van der Waals surface area contributed by atoms with Crippen LogP contribution in [0.15, 0.2) is 0 Å².